The predicted octanol–water partition coefficient (Wildman–Crippen LogP) is 7.40. The van der Waals surface area contributed by atoms with Crippen molar-refractivity contribution in [1.82, 2.24) is 6.15 Å². The summed E-state index contributed by atoms with van der Waals surface area (Å²) in [5, 5.41) is 8.96. The largest absolute Gasteiger partial charge is 0.396 e. The van der Waals surface area contributed by atoms with E-state index in [1.54, 1.807) is 0 Å². The smallest absolute Gasteiger partial charge is 0.0445 e. The molecule has 1 atom stereocenters. The van der Waals surface area contributed by atoms with E-state index in [4.69, 9.17) is 16.7 Å². The van der Waals surface area contributed by atoms with E-state index < -0.39 is 0 Å². The summed E-state index contributed by atoms with van der Waals surface area (Å²) in [7, 11) is 0. The van der Waals surface area contributed by atoms with Gasteiger partial charge in [0.15, 0.2) is 0 Å². The second-order valence-electron chi connectivity index (χ2n) is 6.85. The summed E-state index contributed by atoms with van der Waals surface area (Å²) in [5.74, 6) is 0. The van der Waals surface area contributed by atoms with Gasteiger partial charge in [0, 0.05) is 12.0 Å². The lowest BCUT2D eigenvalue weighted by Crippen LogP contribution is -2.01. The highest BCUT2D eigenvalue weighted by Crippen LogP contribution is 2.15. The number of hydrogen-bond acceptors (Lipinski definition) is 2. The molecular formula is C20H44ClNO. The molecule has 0 heterocycles. The van der Waals surface area contributed by atoms with Gasteiger partial charge in [-0.25, -0.2) is 0 Å². The Balaban J connectivity index is 0. The number of halogens is 1. The molecule has 0 spiro atoms. The molecule has 0 aliphatic rings. The number of alkyl halides is 1. The molecule has 23 heavy (non-hydrogen) atoms. The standard InChI is InChI=1S/C20H41ClO.H3N/c1-2-3-4-5-6-7-8-9-10-11-12-13-14-15-16-17-20(21)18-19-22;/h20,22H,2-19H2,1H3;1H3. The summed E-state index contributed by atoms with van der Waals surface area (Å²) in [4.78, 5) is 0. The van der Waals surface area contributed by atoms with Gasteiger partial charge in [-0.2, -0.15) is 0 Å². The maximum atomic E-state index is 8.78. The third kappa shape index (κ3) is 22.2. The number of unbranched alkanes of at least 4 members (excludes halogenated alkanes) is 14. The van der Waals surface area contributed by atoms with Crippen molar-refractivity contribution < 1.29 is 5.11 Å². The van der Waals surface area contributed by atoms with Gasteiger partial charge in [-0.15, -0.1) is 11.6 Å². The van der Waals surface area contributed by atoms with Gasteiger partial charge in [-0.3, -0.25) is 0 Å². The van der Waals surface area contributed by atoms with Crippen LogP contribution in [0.3, 0.4) is 0 Å². The van der Waals surface area contributed by atoms with Crippen molar-refractivity contribution in [2.45, 2.75) is 121 Å². The molecule has 3 heteroatoms. The van der Waals surface area contributed by atoms with Crippen LogP contribution in [0.2, 0.25) is 0 Å². The van der Waals surface area contributed by atoms with Gasteiger partial charge < -0.3 is 11.3 Å². The van der Waals surface area contributed by atoms with Crippen LogP contribution in [0.25, 0.3) is 0 Å². The van der Waals surface area contributed by atoms with Crippen molar-refractivity contribution in [2.75, 3.05) is 6.61 Å². The number of aliphatic hydroxyl groups excluding tert-OH is 1. The van der Waals surface area contributed by atoms with E-state index in [9.17, 15) is 0 Å². The van der Waals surface area contributed by atoms with Gasteiger partial charge in [-0.1, -0.05) is 103 Å². The third-order valence-corrected chi connectivity index (χ3v) is 5.00. The first-order valence-corrected chi connectivity index (χ1v) is 10.5. The van der Waals surface area contributed by atoms with Gasteiger partial charge in [0.2, 0.25) is 0 Å². The molecular weight excluding hydrogens is 306 g/mol. The first-order chi connectivity index (χ1) is 10.8. The molecule has 0 amide bonds. The van der Waals surface area contributed by atoms with Gasteiger partial charge in [0.1, 0.15) is 0 Å². The molecule has 0 aliphatic carbocycles. The fourth-order valence-electron chi connectivity index (χ4n) is 3.02. The second kappa shape index (κ2) is 22.2. The average Bonchev–Trinajstić information content (AvgIpc) is 2.51. The molecule has 2 nitrogen and oxygen atoms in total. The van der Waals surface area contributed by atoms with Gasteiger partial charge in [0.25, 0.3) is 0 Å². The highest BCUT2D eigenvalue weighted by Gasteiger charge is 2.02. The minimum absolute atomic E-state index is 0. The summed E-state index contributed by atoms with van der Waals surface area (Å²) in [5.41, 5.74) is 0. The molecule has 0 fully saturated rings. The molecule has 0 bridgehead atoms. The highest BCUT2D eigenvalue weighted by molar-refractivity contribution is 6.20. The minimum atomic E-state index is 0. The molecule has 0 aromatic carbocycles. The van der Waals surface area contributed by atoms with E-state index in [1.807, 2.05) is 0 Å². The Morgan fingerprint density at radius 2 is 0.957 bits per heavy atom. The fraction of sp³-hybridized carbons (Fsp3) is 1.00. The van der Waals surface area contributed by atoms with E-state index >= 15 is 0 Å². The zero-order chi connectivity index (χ0) is 16.3. The van der Waals surface area contributed by atoms with Crippen molar-refractivity contribution in [3.8, 4) is 0 Å². The Labute approximate surface area is 151 Å². The maximum absolute atomic E-state index is 8.78. The molecule has 0 saturated heterocycles. The lowest BCUT2D eigenvalue weighted by Gasteiger charge is -2.07. The Kier molecular flexibility index (Phi) is 24.6. The molecule has 0 aliphatic heterocycles. The van der Waals surface area contributed by atoms with E-state index in [2.05, 4.69) is 6.92 Å². The number of hydrogen-bond donors (Lipinski definition) is 2. The van der Waals surface area contributed by atoms with Crippen molar-refractivity contribution in [1.29, 1.82) is 0 Å². The topological polar surface area (TPSA) is 55.2 Å². The van der Waals surface area contributed by atoms with Crippen molar-refractivity contribution in [3.05, 3.63) is 0 Å². The second-order valence-corrected chi connectivity index (χ2v) is 7.47. The van der Waals surface area contributed by atoms with Crippen LogP contribution in [0.15, 0.2) is 0 Å². The molecule has 142 valence electrons. The number of rotatable bonds is 18. The van der Waals surface area contributed by atoms with Gasteiger partial charge in [0.05, 0.1) is 0 Å². The lowest BCUT2D eigenvalue weighted by molar-refractivity contribution is 0.283. The zero-order valence-electron chi connectivity index (χ0n) is 15.8. The fourth-order valence-corrected chi connectivity index (χ4v) is 3.27. The van der Waals surface area contributed by atoms with Crippen molar-refractivity contribution in [2.24, 2.45) is 0 Å². The van der Waals surface area contributed by atoms with Crippen LogP contribution < -0.4 is 6.15 Å². The van der Waals surface area contributed by atoms with E-state index in [0.717, 1.165) is 12.8 Å². The predicted molar refractivity (Wildman–Crippen MR) is 106 cm³/mol. The van der Waals surface area contributed by atoms with Crippen LogP contribution in [-0.4, -0.2) is 17.1 Å². The zero-order valence-corrected chi connectivity index (χ0v) is 16.6. The Morgan fingerprint density at radius 3 is 1.30 bits per heavy atom. The van der Waals surface area contributed by atoms with Crippen LogP contribution in [0.4, 0.5) is 0 Å². The quantitative estimate of drug-likeness (QED) is 0.200. The summed E-state index contributed by atoms with van der Waals surface area (Å²) in [6, 6.07) is 0. The Bertz CT molecular complexity index is 202. The summed E-state index contributed by atoms with van der Waals surface area (Å²) in [6.07, 6.45) is 22.9. The molecule has 4 N–H and O–H groups in total. The Hall–Kier alpha value is 0.210. The highest BCUT2D eigenvalue weighted by atomic mass is 35.5. The summed E-state index contributed by atoms with van der Waals surface area (Å²) < 4.78 is 0. The van der Waals surface area contributed by atoms with E-state index in [1.165, 1.54) is 96.3 Å². The minimum Gasteiger partial charge on any atom is -0.396 e. The molecule has 0 aromatic rings. The van der Waals surface area contributed by atoms with Crippen LogP contribution in [0.1, 0.15) is 116 Å². The van der Waals surface area contributed by atoms with Crippen LogP contribution in [0.5, 0.6) is 0 Å². The maximum Gasteiger partial charge on any atom is 0.0445 e. The van der Waals surface area contributed by atoms with Crippen molar-refractivity contribution >= 4 is 11.6 Å². The Morgan fingerprint density at radius 1 is 0.609 bits per heavy atom. The van der Waals surface area contributed by atoms with E-state index in [0.29, 0.717) is 0 Å². The summed E-state index contributed by atoms with van der Waals surface area (Å²) >= 11 is 6.08. The van der Waals surface area contributed by atoms with Gasteiger partial charge >= 0.3 is 0 Å². The number of aliphatic hydroxyl groups is 1. The third-order valence-electron chi connectivity index (χ3n) is 4.56. The molecule has 0 rings (SSSR count). The first kappa shape index (κ1) is 25.5. The summed E-state index contributed by atoms with van der Waals surface area (Å²) in [6.45, 7) is 2.51. The normalized spacial score (nSPS) is 12.1. The lowest BCUT2D eigenvalue weighted by atomic mass is 10.0. The molecule has 1 unspecified atom stereocenters. The van der Waals surface area contributed by atoms with Crippen LogP contribution in [-0.2, 0) is 0 Å². The average molecular weight is 350 g/mol. The van der Waals surface area contributed by atoms with Crippen LogP contribution in [0, 0.1) is 0 Å². The molecule has 0 radical (unpaired) electrons. The SMILES string of the molecule is CCCCCCCCCCCCCCCCCC(Cl)CCO.N. The molecule has 0 aromatic heterocycles. The van der Waals surface area contributed by atoms with Gasteiger partial charge in [-0.05, 0) is 12.8 Å². The molecule has 0 saturated carbocycles. The monoisotopic (exact) mass is 349 g/mol. The first-order valence-electron chi connectivity index (χ1n) is 10.1. The van der Waals surface area contributed by atoms with E-state index in [-0.39, 0.29) is 18.1 Å². The van der Waals surface area contributed by atoms with Crippen molar-refractivity contribution in [3.63, 3.8) is 0 Å². The van der Waals surface area contributed by atoms with Crippen LogP contribution >= 0.6 is 11.6 Å².